The normalized spacial score (nSPS) is 24.4. The van der Waals surface area contributed by atoms with Gasteiger partial charge in [0, 0.05) is 5.92 Å². The first-order valence-electron chi connectivity index (χ1n) is 7.89. The summed E-state index contributed by atoms with van der Waals surface area (Å²) >= 11 is 0. The fraction of sp³-hybridized carbons (Fsp3) is 0.333. The minimum Gasteiger partial charge on any atom is -0.0729 e. The minimum atomic E-state index is 0.320. The first kappa shape index (κ1) is 14.1. The van der Waals surface area contributed by atoms with Crippen LogP contribution in [0.1, 0.15) is 44.2 Å². The molecule has 1 aliphatic carbocycles. The Morgan fingerprint density at radius 2 is 1.43 bits per heavy atom. The second-order valence-corrected chi connectivity index (χ2v) is 6.95. The highest BCUT2D eigenvalue weighted by Crippen LogP contribution is 2.49. The van der Waals surface area contributed by atoms with Gasteiger partial charge in [0.05, 0.1) is 0 Å². The molecule has 0 bridgehead atoms. The summed E-state index contributed by atoms with van der Waals surface area (Å²) in [6, 6.07) is 21.8. The fourth-order valence-electron chi connectivity index (χ4n) is 3.47. The molecule has 0 spiro atoms. The summed E-state index contributed by atoms with van der Waals surface area (Å²) < 4.78 is 0. The van der Waals surface area contributed by atoms with Crippen molar-refractivity contribution < 1.29 is 0 Å². The molecule has 108 valence electrons. The van der Waals surface area contributed by atoms with Crippen LogP contribution in [0.2, 0.25) is 0 Å². The van der Waals surface area contributed by atoms with Crippen molar-refractivity contribution >= 4 is 5.57 Å². The maximum Gasteiger partial charge on any atom is 0.00548 e. The maximum atomic E-state index is 2.50. The van der Waals surface area contributed by atoms with Crippen molar-refractivity contribution in [3.05, 3.63) is 77.9 Å². The largest absolute Gasteiger partial charge is 0.0729 e. The van der Waals surface area contributed by atoms with E-state index >= 15 is 0 Å². The van der Waals surface area contributed by atoms with Gasteiger partial charge in [-0.2, -0.15) is 0 Å². The van der Waals surface area contributed by atoms with Crippen LogP contribution in [0.4, 0.5) is 0 Å². The van der Waals surface area contributed by atoms with Crippen LogP contribution in [0.15, 0.2) is 66.7 Å². The molecule has 2 unspecified atom stereocenters. The van der Waals surface area contributed by atoms with Crippen LogP contribution in [0.3, 0.4) is 0 Å². The molecule has 0 radical (unpaired) electrons. The molecule has 0 heterocycles. The Bertz CT molecular complexity index is 620. The van der Waals surface area contributed by atoms with Crippen LogP contribution in [-0.4, -0.2) is 0 Å². The number of allylic oxidation sites excluding steroid dienone is 2. The van der Waals surface area contributed by atoms with Gasteiger partial charge in [-0.1, -0.05) is 87.5 Å². The van der Waals surface area contributed by atoms with Crippen LogP contribution in [0.5, 0.6) is 0 Å². The molecular formula is C21H24. The van der Waals surface area contributed by atoms with Gasteiger partial charge in [0.15, 0.2) is 0 Å². The van der Waals surface area contributed by atoms with Crippen molar-refractivity contribution in [2.45, 2.75) is 33.1 Å². The van der Waals surface area contributed by atoms with E-state index in [0.29, 0.717) is 17.3 Å². The monoisotopic (exact) mass is 276 g/mol. The van der Waals surface area contributed by atoms with E-state index in [1.165, 1.54) is 16.7 Å². The Kier molecular flexibility index (Phi) is 3.71. The predicted octanol–water partition coefficient (Wildman–Crippen LogP) is 5.92. The first-order valence-corrected chi connectivity index (χ1v) is 7.89. The van der Waals surface area contributed by atoms with Crippen molar-refractivity contribution in [2.24, 2.45) is 11.3 Å². The van der Waals surface area contributed by atoms with E-state index in [9.17, 15) is 0 Å². The molecule has 0 nitrogen and oxygen atoms in total. The molecule has 2 aromatic rings. The molecular weight excluding hydrogens is 252 g/mol. The summed E-state index contributed by atoms with van der Waals surface area (Å²) in [4.78, 5) is 0. The van der Waals surface area contributed by atoms with E-state index in [4.69, 9.17) is 0 Å². The van der Waals surface area contributed by atoms with E-state index < -0.39 is 0 Å². The van der Waals surface area contributed by atoms with Crippen LogP contribution in [0.25, 0.3) is 5.57 Å². The summed E-state index contributed by atoms with van der Waals surface area (Å²) in [5, 5.41) is 0. The summed E-state index contributed by atoms with van der Waals surface area (Å²) in [5.41, 5.74) is 4.62. The van der Waals surface area contributed by atoms with Gasteiger partial charge in [-0.15, -0.1) is 0 Å². The molecule has 0 heteroatoms. The smallest absolute Gasteiger partial charge is 0.00548 e. The van der Waals surface area contributed by atoms with Crippen LogP contribution < -0.4 is 0 Å². The maximum absolute atomic E-state index is 2.50. The fourth-order valence-corrected chi connectivity index (χ4v) is 3.47. The summed E-state index contributed by atoms with van der Waals surface area (Å²) in [6.07, 6.45) is 3.65. The van der Waals surface area contributed by atoms with Crippen LogP contribution in [0, 0.1) is 11.3 Å². The summed E-state index contributed by atoms with van der Waals surface area (Å²) in [5.74, 6) is 1.15. The molecule has 0 fully saturated rings. The Labute approximate surface area is 128 Å². The van der Waals surface area contributed by atoms with Gasteiger partial charge in [0.2, 0.25) is 0 Å². The minimum absolute atomic E-state index is 0.320. The molecule has 2 aromatic carbocycles. The average molecular weight is 276 g/mol. The van der Waals surface area contributed by atoms with Crippen molar-refractivity contribution in [1.82, 2.24) is 0 Å². The van der Waals surface area contributed by atoms with Gasteiger partial charge < -0.3 is 0 Å². The van der Waals surface area contributed by atoms with Crippen LogP contribution >= 0.6 is 0 Å². The van der Waals surface area contributed by atoms with Crippen molar-refractivity contribution in [3.63, 3.8) is 0 Å². The molecule has 0 aliphatic heterocycles. The number of hydrogen-bond acceptors (Lipinski definition) is 0. The Balaban J connectivity index is 2.05. The Morgan fingerprint density at radius 3 is 2.05 bits per heavy atom. The molecule has 3 rings (SSSR count). The molecule has 0 N–H and O–H groups in total. The Morgan fingerprint density at radius 1 is 0.857 bits per heavy atom. The third kappa shape index (κ3) is 2.81. The van der Waals surface area contributed by atoms with E-state index in [1.54, 1.807) is 0 Å². The topological polar surface area (TPSA) is 0 Å². The third-order valence-corrected chi connectivity index (χ3v) is 5.13. The lowest BCUT2D eigenvalue weighted by Crippen LogP contribution is -2.30. The zero-order valence-electron chi connectivity index (χ0n) is 13.2. The molecule has 1 aliphatic rings. The molecule has 0 saturated carbocycles. The Hall–Kier alpha value is -1.82. The number of benzene rings is 2. The van der Waals surface area contributed by atoms with Gasteiger partial charge in [0.25, 0.3) is 0 Å². The highest BCUT2D eigenvalue weighted by molar-refractivity contribution is 5.68. The second kappa shape index (κ2) is 5.52. The van der Waals surface area contributed by atoms with Crippen molar-refractivity contribution in [1.29, 1.82) is 0 Å². The van der Waals surface area contributed by atoms with E-state index in [0.717, 1.165) is 6.42 Å². The van der Waals surface area contributed by atoms with Gasteiger partial charge in [-0.3, -0.25) is 0 Å². The summed E-state index contributed by atoms with van der Waals surface area (Å²) in [6.45, 7) is 7.21. The van der Waals surface area contributed by atoms with Crippen LogP contribution in [-0.2, 0) is 0 Å². The zero-order valence-corrected chi connectivity index (χ0v) is 13.2. The zero-order chi connectivity index (χ0) is 14.9. The quantitative estimate of drug-likeness (QED) is 0.638. The SMILES string of the molecule is CC1C(c2ccccc2)C=C(c2ccccc2)CC1(C)C. The molecule has 21 heavy (non-hydrogen) atoms. The van der Waals surface area contributed by atoms with Crippen molar-refractivity contribution in [2.75, 3.05) is 0 Å². The number of hydrogen-bond donors (Lipinski definition) is 0. The third-order valence-electron chi connectivity index (χ3n) is 5.13. The lowest BCUT2D eigenvalue weighted by atomic mass is 9.63. The lowest BCUT2D eigenvalue weighted by Gasteiger charge is -2.42. The molecule has 0 amide bonds. The highest BCUT2D eigenvalue weighted by Gasteiger charge is 2.36. The van der Waals surface area contributed by atoms with Gasteiger partial charge in [-0.25, -0.2) is 0 Å². The molecule has 0 saturated heterocycles. The average Bonchev–Trinajstić information content (AvgIpc) is 2.51. The number of rotatable bonds is 2. The van der Waals surface area contributed by atoms with E-state index in [1.807, 2.05) is 0 Å². The molecule has 2 atom stereocenters. The van der Waals surface area contributed by atoms with Gasteiger partial charge in [0.1, 0.15) is 0 Å². The second-order valence-electron chi connectivity index (χ2n) is 6.95. The van der Waals surface area contributed by atoms with E-state index in [-0.39, 0.29) is 0 Å². The summed E-state index contributed by atoms with van der Waals surface area (Å²) in [7, 11) is 0. The van der Waals surface area contributed by atoms with Gasteiger partial charge >= 0.3 is 0 Å². The van der Waals surface area contributed by atoms with Gasteiger partial charge in [-0.05, 0) is 34.5 Å². The highest BCUT2D eigenvalue weighted by atomic mass is 14.4. The van der Waals surface area contributed by atoms with Crippen molar-refractivity contribution in [3.8, 4) is 0 Å². The predicted molar refractivity (Wildman–Crippen MR) is 91.2 cm³/mol. The van der Waals surface area contributed by atoms with E-state index in [2.05, 4.69) is 87.5 Å². The lowest BCUT2D eigenvalue weighted by molar-refractivity contribution is 0.208. The first-order chi connectivity index (χ1) is 10.1. The molecule has 0 aromatic heterocycles. The standard InChI is InChI=1S/C21H24/c1-16-20(18-12-8-5-9-13-18)14-19(15-21(16,2)3)17-10-6-4-7-11-17/h4-14,16,20H,15H2,1-3H3.